The number of halogens is 2. The number of hydrogen-bond acceptors (Lipinski definition) is 8. The fraction of sp³-hybridized carbons (Fsp3) is 0.391. The zero-order chi connectivity index (χ0) is 22.5. The van der Waals surface area contributed by atoms with Gasteiger partial charge in [0.15, 0.2) is 0 Å². The summed E-state index contributed by atoms with van der Waals surface area (Å²) in [7, 11) is 0. The molecule has 2 N–H and O–H groups in total. The third-order valence-electron chi connectivity index (χ3n) is 5.89. The Morgan fingerprint density at radius 3 is 2.32 bits per heavy atom. The first-order chi connectivity index (χ1) is 15.2. The summed E-state index contributed by atoms with van der Waals surface area (Å²) in [6.07, 6.45) is 4.99. The topological polar surface area (TPSA) is 115 Å². The SMILES string of the molecule is CC1(C)CC(n2nnc3cc(-c4ccc(-c5ccncn5)cc4O)nnc32)CC(C)(C)N1.Cl.Cl. The number of nitrogens with zero attached hydrogens (tertiary/aromatic N) is 7. The lowest BCUT2D eigenvalue weighted by Crippen LogP contribution is -2.58. The summed E-state index contributed by atoms with van der Waals surface area (Å²) in [5.41, 5.74) is 3.93. The van der Waals surface area contributed by atoms with E-state index in [9.17, 15) is 5.11 Å². The fourth-order valence-electron chi connectivity index (χ4n) is 4.94. The van der Waals surface area contributed by atoms with Crippen molar-refractivity contribution in [2.24, 2.45) is 0 Å². The van der Waals surface area contributed by atoms with Crippen molar-refractivity contribution < 1.29 is 5.11 Å². The van der Waals surface area contributed by atoms with Gasteiger partial charge in [-0.15, -0.1) is 40.1 Å². The number of fused-ring (bicyclic) bond motifs is 1. The zero-order valence-electron chi connectivity index (χ0n) is 19.4. The maximum atomic E-state index is 10.6. The van der Waals surface area contributed by atoms with Crippen molar-refractivity contribution in [2.45, 2.75) is 57.7 Å². The Bertz CT molecular complexity index is 1280. The molecule has 1 aromatic carbocycles. The lowest BCUT2D eigenvalue weighted by molar-refractivity contribution is 0.127. The maximum absolute atomic E-state index is 10.6. The molecule has 5 rings (SSSR count). The van der Waals surface area contributed by atoms with Gasteiger partial charge < -0.3 is 10.4 Å². The lowest BCUT2D eigenvalue weighted by Gasteiger charge is -2.46. The molecule has 0 radical (unpaired) electrons. The molecular formula is C23H28Cl2N8O. The minimum atomic E-state index is -0.0186. The predicted octanol–water partition coefficient (Wildman–Crippen LogP) is 4.38. The van der Waals surface area contributed by atoms with Crippen LogP contribution < -0.4 is 5.32 Å². The first-order valence-corrected chi connectivity index (χ1v) is 10.7. The highest BCUT2D eigenvalue weighted by atomic mass is 35.5. The van der Waals surface area contributed by atoms with E-state index < -0.39 is 0 Å². The number of benzene rings is 1. The summed E-state index contributed by atoms with van der Waals surface area (Å²) in [6.45, 7) is 8.82. The van der Waals surface area contributed by atoms with E-state index >= 15 is 0 Å². The van der Waals surface area contributed by atoms with E-state index in [0.29, 0.717) is 22.4 Å². The molecule has 1 aliphatic heterocycles. The number of aromatic nitrogens is 7. The highest BCUT2D eigenvalue weighted by molar-refractivity contribution is 5.85. The Morgan fingerprint density at radius 2 is 1.68 bits per heavy atom. The molecule has 1 aliphatic rings. The van der Waals surface area contributed by atoms with Crippen molar-refractivity contribution in [2.75, 3.05) is 0 Å². The molecule has 0 spiro atoms. The van der Waals surface area contributed by atoms with E-state index in [-0.39, 0.29) is 47.7 Å². The first kappa shape index (κ1) is 25.7. The van der Waals surface area contributed by atoms with Crippen molar-refractivity contribution >= 4 is 36.0 Å². The van der Waals surface area contributed by atoms with Gasteiger partial charge in [-0.25, -0.2) is 14.6 Å². The van der Waals surface area contributed by atoms with Crippen LogP contribution in [-0.2, 0) is 0 Å². The van der Waals surface area contributed by atoms with E-state index in [4.69, 9.17) is 0 Å². The molecule has 0 aliphatic carbocycles. The average molecular weight is 503 g/mol. The summed E-state index contributed by atoms with van der Waals surface area (Å²) >= 11 is 0. The van der Waals surface area contributed by atoms with E-state index in [1.165, 1.54) is 6.33 Å². The number of hydrogen-bond donors (Lipinski definition) is 2. The van der Waals surface area contributed by atoms with Crippen molar-refractivity contribution in [3.63, 3.8) is 0 Å². The summed E-state index contributed by atoms with van der Waals surface area (Å²) in [4.78, 5) is 8.15. The van der Waals surface area contributed by atoms with Crippen LogP contribution in [0.5, 0.6) is 5.75 Å². The summed E-state index contributed by atoms with van der Waals surface area (Å²) < 4.78 is 1.90. The van der Waals surface area contributed by atoms with Gasteiger partial charge in [0.05, 0.1) is 17.4 Å². The Labute approximate surface area is 210 Å². The van der Waals surface area contributed by atoms with Crippen LogP contribution in [0.1, 0.15) is 46.6 Å². The minimum absolute atomic E-state index is 0. The van der Waals surface area contributed by atoms with Crippen molar-refractivity contribution in [1.29, 1.82) is 0 Å². The van der Waals surface area contributed by atoms with E-state index in [2.05, 4.69) is 63.5 Å². The van der Waals surface area contributed by atoms with E-state index in [0.717, 1.165) is 24.1 Å². The number of phenolic OH excluding ortho intramolecular Hbond substituents is 1. The molecule has 11 heteroatoms. The lowest BCUT2D eigenvalue weighted by atomic mass is 9.80. The highest BCUT2D eigenvalue weighted by Crippen LogP contribution is 2.37. The van der Waals surface area contributed by atoms with Gasteiger partial charge in [-0.3, -0.25) is 0 Å². The van der Waals surface area contributed by atoms with Crippen LogP contribution in [0.2, 0.25) is 0 Å². The van der Waals surface area contributed by atoms with Crippen molar-refractivity contribution in [3.05, 3.63) is 42.9 Å². The second-order valence-electron chi connectivity index (χ2n) is 9.75. The standard InChI is InChI=1S/C23H26N8O.2ClH/c1-22(2)11-15(12-23(3,4)29-22)31-21-19(27-30-31)10-18(26-28-21)16-6-5-14(9-20(16)32)17-7-8-24-13-25-17;;/h5-10,13,15,29,32H,11-12H2,1-4H3;2*1H. The molecule has 0 unspecified atom stereocenters. The molecule has 0 saturated carbocycles. The smallest absolute Gasteiger partial charge is 0.201 e. The normalized spacial score (nSPS) is 17.1. The second kappa shape index (κ2) is 9.40. The number of phenols is 1. The average Bonchev–Trinajstić information content (AvgIpc) is 3.15. The van der Waals surface area contributed by atoms with Crippen molar-refractivity contribution in [1.82, 2.24) is 40.5 Å². The van der Waals surface area contributed by atoms with Gasteiger partial charge in [0, 0.05) is 28.4 Å². The number of nitrogens with one attached hydrogen (secondary N) is 1. The van der Waals surface area contributed by atoms with Crippen LogP contribution in [0.15, 0.2) is 42.9 Å². The number of rotatable bonds is 3. The largest absolute Gasteiger partial charge is 0.507 e. The van der Waals surface area contributed by atoms with Crippen LogP contribution in [0.25, 0.3) is 33.7 Å². The molecule has 1 fully saturated rings. The first-order valence-electron chi connectivity index (χ1n) is 10.7. The molecule has 1 saturated heterocycles. The Hall–Kier alpha value is -2.88. The Morgan fingerprint density at radius 1 is 0.941 bits per heavy atom. The molecule has 0 bridgehead atoms. The van der Waals surface area contributed by atoms with E-state index in [1.807, 2.05) is 22.9 Å². The van der Waals surface area contributed by atoms with Crippen LogP contribution in [0.3, 0.4) is 0 Å². The molecule has 9 nitrogen and oxygen atoms in total. The van der Waals surface area contributed by atoms with Gasteiger partial charge in [-0.1, -0.05) is 11.3 Å². The minimum Gasteiger partial charge on any atom is -0.507 e. The summed E-state index contributed by atoms with van der Waals surface area (Å²) in [6, 6.07) is 9.15. The molecule has 4 heterocycles. The highest BCUT2D eigenvalue weighted by Gasteiger charge is 2.39. The van der Waals surface area contributed by atoms with Crippen LogP contribution in [0.4, 0.5) is 0 Å². The van der Waals surface area contributed by atoms with Crippen LogP contribution in [0, 0.1) is 0 Å². The van der Waals surface area contributed by atoms with Gasteiger partial charge in [0.1, 0.15) is 17.6 Å². The van der Waals surface area contributed by atoms with Crippen LogP contribution in [-0.4, -0.2) is 51.3 Å². The zero-order valence-corrected chi connectivity index (χ0v) is 21.1. The number of aromatic hydroxyl groups is 1. The van der Waals surface area contributed by atoms with Gasteiger partial charge in [0.25, 0.3) is 0 Å². The molecular weight excluding hydrogens is 475 g/mol. The molecule has 0 atom stereocenters. The monoisotopic (exact) mass is 502 g/mol. The molecule has 34 heavy (non-hydrogen) atoms. The van der Waals surface area contributed by atoms with Gasteiger partial charge in [0.2, 0.25) is 5.65 Å². The molecule has 180 valence electrons. The second-order valence-corrected chi connectivity index (χ2v) is 9.75. The van der Waals surface area contributed by atoms with Crippen molar-refractivity contribution in [3.8, 4) is 28.3 Å². The molecule has 4 aromatic rings. The van der Waals surface area contributed by atoms with Gasteiger partial charge in [-0.05, 0) is 64.8 Å². The third-order valence-corrected chi connectivity index (χ3v) is 5.89. The third kappa shape index (κ3) is 4.96. The van der Waals surface area contributed by atoms with Crippen LogP contribution >= 0.6 is 24.8 Å². The fourth-order valence-corrected chi connectivity index (χ4v) is 4.94. The predicted molar refractivity (Wildman–Crippen MR) is 135 cm³/mol. The van der Waals surface area contributed by atoms with Gasteiger partial charge >= 0.3 is 0 Å². The maximum Gasteiger partial charge on any atom is 0.201 e. The quantitative estimate of drug-likeness (QED) is 0.424. The van der Waals surface area contributed by atoms with Gasteiger partial charge in [-0.2, -0.15) is 0 Å². The Balaban J connectivity index is 0.00000162. The molecule has 3 aromatic heterocycles. The molecule has 0 amide bonds. The van der Waals surface area contributed by atoms with E-state index in [1.54, 1.807) is 18.3 Å². The number of piperidine rings is 1. The Kier molecular flexibility index (Phi) is 7.12. The summed E-state index contributed by atoms with van der Waals surface area (Å²) in [5.74, 6) is 0.101. The summed E-state index contributed by atoms with van der Waals surface area (Å²) in [5, 5.41) is 32.0.